The topological polar surface area (TPSA) is 79.3 Å². The Kier molecular flexibility index (Phi) is 6.11. The van der Waals surface area contributed by atoms with Gasteiger partial charge in [0.1, 0.15) is 0 Å². The van der Waals surface area contributed by atoms with Gasteiger partial charge in [-0.05, 0) is 62.0 Å². The smallest absolute Gasteiger partial charge is 0.0371 e. The van der Waals surface area contributed by atoms with Crippen molar-refractivity contribution in [3.05, 3.63) is 48.0 Å². The SMILES string of the molecule is Cc1cc(N)ccc1NCCN(C)CCNc1ccc(N)cc1. The molecule has 0 saturated carbocycles. The van der Waals surface area contributed by atoms with E-state index in [2.05, 4.69) is 29.5 Å². The van der Waals surface area contributed by atoms with Crippen molar-refractivity contribution in [1.82, 2.24) is 4.90 Å². The summed E-state index contributed by atoms with van der Waals surface area (Å²) in [5.74, 6) is 0. The molecule has 0 saturated heterocycles. The monoisotopic (exact) mass is 313 g/mol. The quantitative estimate of drug-likeness (QED) is 0.563. The molecule has 6 N–H and O–H groups in total. The highest BCUT2D eigenvalue weighted by Gasteiger charge is 2.01. The molecule has 0 unspecified atom stereocenters. The van der Waals surface area contributed by atoms with Crippen LogP contribution in [0.25, 0.3) is 0 Å². The Bertz CT molecular complexity index is 609. The van der Waals surface area contributed by atoms with Crippen molar-refractivity contribution in [2.75, 3.05) is 55.3 Å². The lowest BCUT2D eigenvalue weighted by atomic mass is 10.2. The Morgan fingerprint density at radius 1 is 0.870 bits per heavy atom. The molecule has 0 atom stereocenters. The van der Waals surface area contributed by atoms with Crippen molar-refractivity contribution in [2.45, 2.75) is 6.92 Å². The van der Waals surface area contributed by atoms with Crippen LogP contribution < -0.4 is 22.1 Å². The summed E-state index contributed by atoms with van der Waals surface area (Å²) < 4.78 is 0. The molecule has 0 spiro atoms. The summed E-state index contributed by atoms with van der Waals surface area (Å²) in [5.41, 5.74) is 16.5. The average Bonchev–Trinajstić information content (AvgIpc) is 2.51. The number of nitrogens with one attached hydrogen (secondary N) is 2. The largest absolute Gasteiger partial charge is 0.399 e. The van der Waals surface area contributed by atoms with Crippen LogP contribution in [0.1, 0.15) is 5.56 Å². The number of likely N-dealkylation sites (N-methyl/N-ethyl adjacent to an activating group) is 1. The summed E-state index contributed by atoms with van der Waals surface area (Å²) in [4.78, 5) is 2.30. The van der Waals surface area contributed by atoms with Crippen LogP contribution in [0.5, 0.6) is 0 Å². The van der Waals surface area contributed by atoms with Crippen LogP contribution in [0.15, 0.2) is 42.5 Å². The number of benzene rings is 2. The van der Waals surface area contributed by atoms with Gasteiger partial charge in [-0.3, -0.25) is 0 Å². The summed E-state index contributed by atoms with van der Waals surface area (Å²) in [5, 5.41) is 6.85. The molecule has 2 rings (SSSR count). The molecule has 0 heterocycles. The number of hydrogen-bond donors (Lipinski definition) is 4. The highest BCUT2D eigenvalue weighted by Crippen LogP contribution is 2.17. The third-order valence-electron chi connectivity index (χ3n) is 3.79. The number of hydrogen-bond acceptors (Lipinski definition) is 5. The molecule has 0 radical (unpaired) electrons. The van der Waals surface area contributed by atoms with Crippen molar-refractivity contribution < 1.29 is 0 Å². The first-order valence-electron chi connectivity index (χ1n) is 7.92. The van der Waals surface area contributed by atoms with E-state index in [-0.39, 0.29) is 0 Å². The fourth-order valence-corrected chi connectivity index (χ4v) is 2.37. The predicted octanol–water partition coefficient (Wildman–Crippen LogP) is 2.62. The Balaban J connectivity index is 1.65. The minimum atomic E-state index is 0.789. The molecule has 0 aliphatic carbocycles. The standard InChI is InChI=1S/C18H27N5/c1-14-13-16(20)5-8-18(14)22-10-12-23(2)11-9-21-17-6-3-15(19)4-7-17/h3-8,13,21-22H,9-12,19-20H2,1-2H3. The molecule has 124 valence electrons. The predicted molar refractivity (Wildman–Crippen MR) is 101 cm³/mol. The van der Waals surface area contributed by atoms with E-state index in [0.717, 1.165) is 48.9 Å². The number of nitrogens with two attached hydrogens (primary N) is 2. The van der Waals surface area contributed by atoms with Crippen molar-refractivity contribution in [2.24, 2.45) is 0 Å². The highest BCUT2D eigenvalue weighted by molar-refractivity contribution is 5.57. The van der Waals surface area contributed by atoms with Gasteiger partial charge in [0.2, 0.25) is 0 Å². The van der Waals surface area contributed by atoms with Crippen LogP contribution in [-0.4, -0.2) is 38.1 Å². The third kappa shape index (κ3) is 5.71. The van der Waals surface area contributed by atoms with Crippen molar-refractivity contribution >= 4 is 22.7 Å². The van der Waals surface area contributed by atoms with E-state index >= 15 is 0 Å². The maximum Gasteiger partial charge on any atom is 0.0371 e. The minimum absolute atomic E-state index is 0.789. The maximum absolute atomic E-state index is 5.77. The second-order valence-electron chi connectivity index (χ2n) is 5.85. The van der Waals surface area contributed by atoms with E-state index in [1.807, 2.05) is 42.5 Å². The molecule has 2 aromatic carbocycles. The van der Waals surface area contributed by atoms with Gasteiger partial charge < -0.3 is 27.0 Å². The first-order valence-corrected chi connectivity index (χ1v) is 7.92. The van der Waals surface area contributed by atoms with E-state index in [9.17, 15) is 0 Å². The Labute approximate surface area is 138 Å². The van der Waals surface area contributed by atoms with E-state index in [1.54, 1.807) is 0 Å². The zero-order valence-corrected chi connectivity index (χ0v) is 14.0. The summed E-state index contributed by atoms with van der Waals surface area (Å²) in [7, 11) is 2.13. The molecular weight excluding hydrogens is 286 g/mol. The zero-order valence-electron chi connectivity index (χ0n) is 14.0. The number of nitrogen functional groups attached to an aromatic ring is 2. The van der Waals surface area contributed by atoms with Gasteiger partial charge in [0.05, 0.1) is 0 Å². The van der Waals surface area contributed by atoms with Gasteiger partial charge in [-0.15, -0.1) is 0 Å². The molecular formula is C18H27N5. The van der Waals surface area contributed by atoms with Crippen LogP contribution in [0.2, 0.25) is 0 Å². The fraction of sp³-hybridized carbons (Fsp3) is 0.333. The maximum atomic E-state index is 5.77. The lowest BCUT2D eigenvalue weighted by molar-refractivity contribution is 0.361. The first kappa shape index (κ1) is 17.0. The summed E-state index contributed by atoms with van der Waals surface area (Å²) in [6, 6.07) is 13.8. The Morgan fingerprint density at radius 3 is 2.13 bits per heavy atom. The normalized spacial score (nSPS) is 10.7. The van der Waals surface area contributed by atoms with Gasteiger partial charge in [0, 0.05) is 48.9 Å². The van der Waals surface area contributed by atoms with Gasteiger partial charge >= 0.3 is 0 Å². The van der Waals surface area contributed by atoms with Crippen LogP contribution >= 0.6 is 0 Å². The fourth-order valence-electron chi connectivity index (χ4n) is 2.37. The summed E-state index contributed by atoms with van der Waals surface area (Å²) >= 11 is 0. The van der Waals surface area contributed by atoms with Crippen LogP contribution in [-0.2, 0) is 0 Å². The summed E-state index contributed by atoms with van der Waals surface area (Å²) in [6.07, 6.45) is 0. The number of rotatable bonds is 8. The molecule has 0 bridgehead atoms. The molecule has 5 heteroatoms. The van der Waals surface area contributed by atoms with Gasteiger partial charge in [-0.25, -0.2) is 0 Å². The van der Waals surface area contributed by atoms with Crippen molar-refractivity contribution in [3.8, 4) is 0 Å². The van der Waals surface area contributed by atoms with Gasteiger partial charge in [0.15, 0.2) is 0 Å². The molecule has 0 aromatic heterocycles. The van der Waals surface area contributed by atoms with E-state index in [4.69, 9.17) is 11.5 Å². The van der Waals surface area contributed by atoms with Gasteiger partial charge in [-0.2, -0.15) is 0 Å². The van der Waals surface area contributed by atoms with E-state index in [0.29, 0.717) is 0 Å². The van der Waals surface area contributed by atoms with Crippen LogP contribution in [0, 0.1) is 6.92 Å². The number of nitrogens with zero attached hydrogens (tertiary/aromatic N) is 1. The molecule has 2 aromatic rings. The van der Waals surface area contributed by atoms with E-state index in [1.165, 1.54) is 5.56 Å². The van der Waals surface area contributed by atoms with Crippen molar-refractivity contribution in [1.29, 1.82) is 0 Å². The summed E-state index contributed by atoms with van der Waals surface area (Å²) in [6.45, 7) is 5.84. The highest BCUT2D eigenvalue weighted by atomic mass is 15.1. The van der Waals surface area contributed by atoms with Gasteiger partial charge in [-0.1, -0.05) is 0 Å². The molecule has 23 heavy (non-hydrogen) atoms. The lowest BCUT2D eigenvalue weighted by Crippen LogP contribution is -2.29. The second-order valence-corrected chi connectivity index (χ2v) is 5.85. The van der Waals surface area contributed by atoms with Crippen LogP contribution in [0.3, 0.4) is 0 Å². The van der Waals surface area contributed by atoms with Gasteiger partial charge in [0.25, 0.3) is 0 Å². The average molecular weight is 313 g/mol. The minimum Gasteiger partial charge on any atom is -0.399 e. The lowest BCUT2D eigenvalue weighted by Gasteiger charge is -2.18. The second kappa shape index (κ2) is 8.29. The third-order valence-corrected chi connectivity index (χ3v) is 3.79. The Morgan fingerprint density at radius 2 is 1.48 bits per heavy atom. The number of anilines is 4. The van der Waals surface area contributed by atoms with Crippen LogP contribution in [0.4, 0.5) is 22.7 Å². The first-order chi connectivity index (χ1) is 11.0. The Hall–Kier alpha value is -2.40. The molecule has 0 amide bonds. The number of aryl methyl sites for hydroxylation is 1. The van der Waals surface area contributed by atoms with Crippen molar-refractivity contribution in [3.63, 3.8) is 0 Å². The molecule has 0 aliphatic heterocycles. The van der Waals surface area contributed by atoms with E-state index < -0.39 is 0 Å². The zero-order chi connectivity index (χ0) is 16.7. The molecule has 0 fully saturated rings. The molecule has 0 aliphatic rings. The molecule has 5 nitrogen and oxygen atoms in total.